The monoisotopic (exact) mass is 336 g/mol. The van der Waals surface area contributed by atoms with Gasteiger partial charge in [0.05, 0.1) is 12.7 Å². The maximum atomic E-state index is 11.1. The lowest BCUT2D eigenvalue weighted by molar-refractivity contribution is 0.00494. The second-order valence-electron chi connectivity index (χ2n) is 3.04. The lowest BCUT2D eigenvalue weighted by Crippen LogP contribution is -2.25. The van der Waals surface area contributed by atoms with E-state index in [4.69, 9.17) is 9.26 Å². The number of rotatable bonds is 3. The third-order valence-corrected chi connectivity index (χ3v) is 3.46. The van der Waals surface area contributed by atoms with Gasteiger partial charge in [0.2, 0.25) is 0 Å². The van der Waals surface area contributed by atoms with E-state index in [1.807, 2.05) is 7.85 Å². The summed E-state index contributed by atoms with van der Waals surface area (Å²) >= 11 is 5.40. The summed E-state index contributed by atoms with van der Waals surface area (Å²) in [6.45, 7) is 0.134. The number of ether oxygens (including phenoxy) is 1. The number of aliphatic hydroxyl groups excluding tert-OH is 1. The third-order valence-electron chi connectivity index (χ3n) is 1.81. The van der Waals surface area contributed by atoms with Crippen molar-refractivity contribution in [2.45, 2.75) is 24.6 Å². The molecule has 0 spiro atoms. The predicted molar refractivity (Wildman–Crippen MR) is 64.4 cm³/mol. The minimum Gasteiger partial charge on any atom is -0.390 e. The molecule has 0 bridgehead atoms. The highest BCUT2D eigenvalue weighted by Crippen LogP contribution is 2.60. The molecule has 1 fully saturated rings. The standard InChI is InChI=1S/C5H11BIO4PS/c6-5-1-3(8)4(11-5)2-10-12(7,9)13/h3-5,8H,1-2,6H2,(H,9,13)/t3-,4-,5-,12?/m1/s1. The summed E-state index contributed by atoms with van der Waals surface area (Å²) in [7, 11) is 1.88. The Morgan fingerprint density at radius 1 is 1.85 bits per heavy atom. The van der Waals surface area contributed by atoms with Gasteiger partial charge in [0.1, 0.15) is 14.0 Å². The second-order valence-corrected chi connectivity index (χ2v) is 11.9. The maximum Gasteiger partial charge on any atom is 0.311 e. The second kappa shape index (κ2) is 4.85. The zero-order chi connectivity index (χ0) is 10.1. The van der Waals surface area contributed by atoms with E-state index in [1.165, 1.54) is 0 Å². The molecule has 0 saturated carbocycles. The van der Waals surface area contributed by atoms with E-state index in [0.29, 0.717) is 6.42 Å². The van der Waals surface area contributed by atoms with Crippen LogP contribution in [-0.2, 0) is 13.8 Å². The molecule has 1 N–H and O–H groups in total. The first-order chi connectivity index (χ1) is 5.88. The van der Waals surface area contributed by atoms with Crippen LogP contribution in [0.5, 0.6) is 0 Å². The Hall–Kier alpha value is 1.25. The summed E-state index contributed by atoms with van der Waals surface area (Å²) in [5.74, 6) is 0. The van der Waals surface area contributed by atoms with Crippen molar-refractivity contribution in [1.29, 1.82) is 0 Å². The Morgan fingerprint density at radius 2 is 2.46 bits per heavy atom. The molecular formula is C5H11BIO4PS. The number of aliphatic hydroxyl groups is 1. The van der Waals surface area contributed by atoms with Gasteiger partial charge in [0.25, 0.3) is 0 Å². The molecule has 1 saturated heterocycles. The van der Waals surface area contributed by atoms with Gasteiger partial charge in [-0.05, 0) is 6.42 Å². The zero-order valence-corrected chi connectivity index (χ0v) is 11.0. The normalized spacial score (nSPS) is 38.8. The Bertz CT molecular complexity index is 225. The molecule has 4 nitrogen and oxygen atoms in total. The highest BCUT2D eigenvalue weighted by atomic mass is 127. The van der Waals surface area contributed by atoms with Crippen molar-refractivity contribution in [2.75, 3.05) is 6.61 Å². The molecule has 4 atom stereocenters. The molecule has 13 heavy (non-hydrogen) atoms. The first-order valence-electron chi connectivity index (χ1n) is 3.89. The van der Waals surface area contributed by atoms with E-state index in [0.717, 1.165) is 0 Å². The van der Waals surface area contributed by atoms with Crippen LogP contribution in [0.2, 0.25) is 0 Å². The van der Waals surface area contributed by atoms with Crippen molar-refractivity contribution < 1.29 is 18.9 Å². The van der Waals surface area contributed by atoms with E-state index in [9.17, 15) is 9.67 Å². The van der Waals surface area contributed by atoms with Gasteiger partial charge in [0.15, 0.2) is 0 Å². The van der Waals surface area contributed by atoms with Crippen LogP contribution in [0.1, 0.15) is 6.42 Å². The highest BCUT2D eigenvalue weighted by molar-refractivity contribution is 14.2. The molecule has 0 aromatic rings. The summed E-state index contributed by atoms with van der Waals surface area (Å²) in [4.78, 5) is 0. The van der Waals surface area contributed by atoms with E-state index in [-0.39, 0.29) is 18.7 Å². The number of thiol groups is 1. The average Bonchev–Trinajstić information content (AvgIpc) is 2.24. The first-order valence-corrected chi connectivity index (χ1v) is 9.45. The minimum absolute atomic E-state index is 0.0390. The van der Waals surface area contributed by atoms with Crippen LogP contribution in [0.25, 0.3) is 0 Å². The van der Waals surface area contributed by atoms with Crippen LogP contribution in [0.15, 0.2) is 0 Å². The van der Waals surface area contributed by atoms with Crippen LogP contribution in [-0.4, -0.2) is 37.8 Å². The van der Waals surface area contributed by atoms with Crippen molar-refractivity contribution in [3.63, 3.8) is 0 Å². The van der Waals surface area contributed by atoms with E-state index in [1.54, 1.807) is 22.0 Å². The third kappa shape index (κ3) is 4.53. The Kier molecular flexibility index (Phi) is 4.60. The van der Waals surface area contributed by atoms with Gasteiger partial charge in [-0.1, -0.05) is 12.2 Å². The summed E-state index contributed by atoms with van der Waals surface area (Å²) in [6, 6.07) is 0.0390. The van der Waals surface area contributed by atoms with Crippen LogP contribution < -0.4 is 0 Å². The predicted octanol–water partition coefficient (Wildman–Crippen LogP) is 0.585. The van der Waals surface area contributed by atoms with Gasteiger partial charge in [-0.3, -0.25) is 4.57 Å². The van der Waals surface area contributed by atoms with Crippen LogP contribution >= 0.6 is 38.5 Å². The molecular weight excluding hydrogens is 325 g/mol. The van der Waals surface area contributed by atoms with Gasteiger partial charge in [-0.25, -0.2) is 0 Å². The molecule has 0 aromatic carbocycles. The molecule has 76 valence electrons. The van der Waals surface area contributed by atoms with Crippen LogP contribution in [0.4, 0.5) is 0 Å². The van der Waals surface area contributed by atoms with Gasteiger partial charge in [0, 0.05) is 28.0 Å². The molecule has 0 aliphatic carbocycles. The number of halogens is 1. The van der Waals surface area contributed by atoms with E-state index in [2.05, 4.69) is 12.2 Å². The fraction of sp³-hybridized carbons (Fsp3) is 1.00. The summed E-state index contributed by atoms with van der Waals surface area (Å²) < 4.78 is 18.5. The van der Waals surface area contributed by atoms with Crippen molar-refractivity contribution in [3.8, 4) is 0 Å². The van der Waals surface area contributed by atoms with Crippen molar-refractivity contribution >= 4 is 46.3 Å². The molecule has 0 aromatic heterocycles. The van der Waals surface area contributed by atoms with E-state index >= 15 is 0 Å². The Labute approximate surface area is 96.3 Å². The van der Waals surface area contributed by atoms with Gasteiger partial charge < -0.3 is 14.4 Å². The van der Waals surface area contributed by atoms with Crippen LogP contribution in [0, 0.1) is 0 Å². The lowest BCUT2D eigenvalue weighted by Gasteiger charge is -2.15. The number of hydrogen-bond donors (Lipinski definition) is 2. The Balaban J connectivity index is 2.34. The fourth-order valence-corrected chi connectivity index (χ4v) is 2.27. The number of hydrogen-bond acceptors (Lipinski definition) is 4. The van der Waals surface area contributed by atoms with Gasteiger partial charge in [-0.2, -0.15) is 0 Å². The van der Waals surface area contributed by atoms with Crippen molar-refractivity contribution in [2.24, 2.45) is 0 Å². The minimum atomic E-state index is -2.79. The molecule has 1 heterocycles. The Morgan fingerprint density at radius 3 is 2.85 bits per heavy atom. The summed E-state index contributed by atoms with van der Waals surface area (Å²) in [5, 5.41) is 9.43. The van der Waals surface area contributed by atoms with Crippen molar-refractivity contribution in [3.05, 3.63) is 0 Å². The molecule has 0 amide bonds. The molecule has 8 heteroatoms. The average molecular weight is 336 g/mol. The molecule has 1 unspecified atom stereocenters. The molecule has 1 aliphatic heterocycles. The summed E-state index contributed by atoms with van der Waals surface area (Å²) in [6.07, 6.45) is -0.289. The molecule has 0 radical (unpaired) electrons. The zero-order valence-electron chi connectivity index (χ0n) is 7.09. The van der Waals surface area contributed by atoms with Crippen LogP contribution in [0.3, 0.4) is 0 Å². The topological polar surface area (TPSA) is 55.8 Å². The summed E-state index contributed by atoms with van der Waals surface area (Å²) in [5.41, 5.74) is 0. The first kappa shape index (κ1) is 12.3. The highest BCUT2D eigenvalue weighted by Gasteiger charge is 2.32. The SMILES string of the molecule is B[C@H]1C[C@@H](O)[C@@H](COP(=O)(S)I)O1. The van der Waals surface area contributed by atoms with Gasteiger partial charge >= 0.3 is 4.21 Å². The smallest absolute Gasteiger partial charge is 0.311 e. The largest absolute Gasteiger partial charge is 0.390 e. The fourth-order valence-electron chi connectivity index (χ4n) is 1.25. The molecule has 1 rings (SSSR count). The van der Waals surface area contributed by atoms with Gasteiger partial charge in [-0.15, -0.1) is 0 Å². The quantitative estimate of drug-likeness (QED) is 0.343. The maximum absolute atomic E-state index is 11.1. The van der Waals surface area contributed by atoms with E-state index < -0.39 is 10.3 Å². The lowest BCUT2D eigenvalue weighted by atomic mass is 9.96. The van der Waals surface area contributed by atoms with Crippen molar-refractivity contribution in [1.82, 2.24) is 0 Å². The molecule has 1 aliphatic rings.